The van der Waals surface area contributed by atoms with Gasteiger partial charge < -0.3 is 0 Å². The molecule has 0 saturated heterocycles. The van der Waals surface area contributed by atoms with Gasteiger partial charge in [-0.3, -0.25) is 0 Å². The highest BCUT2D eigenvalue weighted by atomic mass is 32.2. The van der Waals surface area contributed by atoms with Crippen LogP contribution in [-0.4, -0.2) is 11.0 Å². The Labute approximate surface area is 74.1 Å². The van der Waals surface area contributed by atoms with Gasteiger partial charge in [0, 0.05) is 4.75 Å². The van der Waals surface area contributed by atoms with Crippen molar-refractivity contribution in [3.8, 4) is 0 Å². The maximum atomic E-state index is 2.46. The molecular weight excluding hydrogens is 152 g/mol. The van der Waals surface area contributed by atoms with Crippen LogP contribution in [0.25, 0.3) is 0 Å². The summed E-state index contributed by atoms with van der Waals surface area (Å²) in [5, 5.41) is 0. The quantitative estimate of drug-likeness (QED) is 0.582. The lowest BCUT2D eigenvalue weighted by atomic mass is 9.60. The van der Waals surface area contributed by atoms with E-state index < -0.39 is 0 Å². The van der Waals surface area contributed by atoms with E-state index >= 15 is 0 Å². The van der Waals surface area contributed by atoms with Crippen LogP contribution >= 0.6 is 11.8 Å². The van der Waals surface area contributed by atoms with Gasteiger partial charge in [0.15, 0.2) is 0 Å². The van der Waals surface area contributed by atoms with E-state index in [9.17, 15) is 0 Å². The van der Waals surface area contributed by atoms with Crippen LogP contribution < -0.4 is 0 Å². The molecule has 0 N–H and O–H groups in total. The van der Waals surface area contributed by atoms with Crippen LogP contribution in [0, 0.1) is 11.8 Å². The predicted octanol–water partition coefficient (Wildman–Crippen LogP) is 3.32. The van der Waals surface area contributed by atoms with Crippen molar-refractivity contribution in [3.63, 3.8) is 0 Å². The average Bonchev–Trinajstić information content (AvgIpc) is 1.96. The molecule has 0 aromatic carbocycles. The van der Waals surface area contributed by atoms with Crippen LogP contribution in [0.2, 0.25) is 0 Å². The molecule has 0 radical (unpaired) electrons. The smallest absolute Gasteiger partial charge is 0.0211 e. The second-order valence-electron chi connectivity index (χ2n) is 4.23. The van der Waals surface area contributed by atoms with Crippen molar-refractivity contribution in [1.29, 1.82) is 0 Å². The third kappa shape index (κ3) is 0.965. The number of rotatable bonds is 1. The van der Waals surface area contributed by atoms with E-state index in [-0.39, 0.29) is 0 Å². The molecule has 0 bridgehead atoms. The molecule has 0 amide bonds. The molecule has 0 aromatic rings. The Bertz CT molecular complexity index is 143. The first-order chi connectivity index (χ1) is 5.29. The lowest BCUT2D eigenvalue weighted by molar-refractivity contribution is 0.0982. The van der Waals surface area contributed by atoms with Crippen LogP contribution in [0.1, 0.15) is 39.0 Å². The summed E-state index contributed by atoms with van der Waals surface area (Å²) in [4.78, 5) is 0. The number of thioether (sulfide) groups is 1. The van der Waals surface area contributed by atoms with Gasteiger partial charge in [-0.2, -0.15) is 11.8 Å². The standard InChI is InChI=1S/C10H18S/c1-8-4-3-5-9-6-7-10(8,9)11-2/h8-9H,3-7H2,1-2H3/t8-,9?,10+/m0/s1. The summed E-state index contributed by atoms with van der Waals surface area (Å²) >= 11 is 2.15. The summed E-state index contributed by atoms with van der Waals surface area (Å²) in [6.45, 7) is 2.46. The van der Waals surface area contributed by atoms with E-state index in [1.807, 2.05) is 0 Å². The first-order valence-electron chi connectivity index (χ1n) is 4.85. The third-order valence-corrected chi connectivity index (χ3v) is 5.68. The Kier molecular flexibility index (Phi) is 1.95. The van der Waals surface area contributed by atoms with E-state index in [1.54, 1.807) is 0 Å². The molecular formula is C10H18S. The molecule has 64 valence electrons. The molecule has 1 unspecified atom stereocenters. The Balaban J connectivity index is 2.13. The minimum Gasteiger partial charge on any atom is -0.158 e. The maximum absolute atomic E-state index is 2.46. The number of hydrogen-bond donors (Lipinski definition) is 0. The van der Waals surface area contributed by atoms with Crippen LogP contribution in [0.5, 0.6) is 0 Å². The molecule has 2 fully saturated rings. The lowest BCUT2D eigenvalue weighted by Gasteiger charge is -2.55. The normalized spacial score (nSPS) is 49.6. The van der Waals surface area contributed by atoms with Gasteiger partial charge in [-0.05, 0) is 43.8 Å². The van der Waals surface area contributed by atoms with E-state index in [0.717, 1.165) is 16.6 Å². The van der Waals surface area contributed by atoms with Crippen molar-refractivity contribution >= 4 is 11.8 Å². The SMILES string of the molecule is CS[C@@]12CCC1CCC[C@@H]2C. The van der Waals surface area contributed by atoms with Crippen LogP contribution in [-0.2, 0) is 0 Å². The molecule has 0 heterocycles. The summed E-state index contributed by atoms with van der Waals surface area (Å²) in [6.07, 6.45) is 9.83. The predicted molar refractivity (Wildman–Crippen MR) is 52.0 cm³/mol. The minimum atomic E-state index is 0.734. The first kappa shape index (κ1) is 7.97. The van der Waals surface area contributed by atoms with Gasteiger partial charge in [-0.25, -0.2) is 0 Å². The van der Waals surface area contributed by atoms with Crippen LogP contribution in [0.3, 0.4) is 0 Å². The van der Waals surface area contributed by atoms with Gasteiger partial charge in [0.05, 0.1) is 0 Å². The van der Waals surface area contributed by atoms with Gasteiger partial charge in [-0.15, -0.1) is 0 Å². The Morgan fingerprint density at radius 2 is 2.09 bits per heavy atom. The van der Waals surface area contributed by atoms with Gasteiger partial charge in [0.1, 0.15) is 0 Å². The van der Waals surface area contributed by atoms with Gasteiger partial charge in [0.25, 0.3) is 0 Å². The molecule has 2 rings (SSSR count). The molecule has 2 aliphatic carbocycles. The zero-order valence-corrected chi connectivity index (χ0v) is 8.41. The second-order valence-corrected chi connectivity index (χ2v) is 5.39. The number of fused-ring (bicyclic) bond motifs is 1. The van der Waals surface area contributed by atoms with E-state index in [2.05, 4.69) is 24.9 Å². The zero-order valence-electron chi connectivity index (χ0n) is 7.60. The molecule has 2 saturated carbocycles. The lowest BCUT2D eigenvalue weighted by Crippen LogP contribution is -2.51. The molecule has 2 aliphatic rings. The summed E-state index contributed by atoms with van der Waals surface area (Å²) in [5.74, 6) is 2.08. The van der Waals surface area contributed by atoms with Crippen molar-refractivity contribution in [1.82, 2.24) is 0 Å². The van der Waals surface area contributed by atoms with Crippen molar-refractivity contribution in [2.24, 2.45) is 11.8 Å². The largest absolute Gasteiger partial charge is 0.158 e. The van der Waals surface area contributed by atoms with E-state index in [1.165, 1.54) is 32.1 Å². The first-order valence-corrected chi connectivity index (χ1v) is 6.07. The monoisotopic (exact) mass is 170 g/mol. The topological polar surface area (TPSA) is 0 Å². The fourth-order valence-corrected chi connectivity index (χ4v) is 4.47. The highest BCUT2D eigenvalue weighted by molar-refractivity contribution is 8.00. The van der Waals surface area contributed by atoms with E-state index in [4.69, 9.17) is 0 Å². The van der Waals surface area contributed by atoms with E-state index in [0.29, 0.717) is 0 Å². The highest BCUT2D eigenvalue weighted by Gasteiger charge is 2.51. The van der Waals surface area contributed by atoms with Gasteiger partial charge in [0.2, 0.25) is 0 Å². The second kappa shape index (κ2) is 2.69. The highest BCUT2D eigenvalue weighted by Crippen LogP contribution is 2.58. The van der Waals surface area contributed by atoms with Crippen LogP contribution in [0.15, 0.2) is 0 Å². The molecule has 0 spiro atoms. The maximum Gasteiger partial charge on any atom is 0.0211 e. The van der Waals surface area contributed by atoms with Crippen LogP contribution in [0.4, 0.5) is 0 Å². The fourth-order valence-electron chi connectivity index (χ4n) is 3.06. The summed E-state index contributed by atoms with van der Waals surface area (Å²) < 4.78 is 0.734. The summed E-state index contributed by atoms with van der Waals surface area (Å²) in [7, 11) is 0. The van der Waals surface area contributed by atoms with Crippen molar-refractivity contribution in [3.05, 3.63) is 0 Å². The summed E-state index contributed by atoms with van der Waals surface area (Å²) in [6, 6.07) is 0. The fraction of sp³-hybridized carbons (Fsp3) is 1.00. The summed E-state index contributed by atoms with van der Waals surface area (Å²) in [5.41, 5.74) is 0. The van der Waals surface area contributed by atoms with Crippen molar-refractivity contribution < 1.29 is 0 Å². The molecule has 1 heteroatoms. The van der Waals surface area contributed by atoms with Gasteiger partial charge >= 0.3 is 0 Å². The molecule has 11 heavy (non-hydrogen) atoms. The molecule has 0 aliphatic heterocycles. The third-order valence-electron chi connectivity index (χ3n) is 3.98. The van der Waals surface area contributed by atoms with Crippen molar-refractivity contribution in [2.45, 2.75) is 43.8 Å². The zero-order chi connectivity index (χ0) is 7.90. The Hall–Kier alpha value is 0.350. The Morgan fingerprint density at radius 1 is 1.27 bits per heavy atom. The molecule has 3 atom stereocenters. The molecule has 0 aromatic heterocycles. The number of hydrogen-bond acceptors (Lipinski definition) is 1. The molecule has 0 nitrogen and oxygen atoms in total. The Morgan fingerprint density at radius 3 is 2.45 bits per heavy atom. The minimum absolute atomic E-state index is 0.734. The van der Waals surface area contributed by atoms with Crippen molar-refractivity contribution in [2.75, 3.05) is 6.26 Å². The average molecular weight is 170 g/mol. The van der Waals surface area contributed by atoms with Gasteiger partial charge in [-0.1, -0.05) is 13.3 Å².